The highest BCUT2D eigenvalue weighted by atomic mass is 32.2. The molecule has 0 radical (unpaired) electrons. The molecule has 0 saturated heterocycles. The molecular formula is C9H11NO2S. The molecule has 0 aliphatic carbocycles. The van der Waals surface area contributed by atoms with Gasteiger partial charge >= 0.3 is 0 Å². The van der Waals surface area contributed by atoms with Gasteiger partial charge in [0.15, 0.2) is 0 Å². The van der Waals surface area contributed by atoms with E-state index in [0.717, 1.165) is 4.90 Å². The molecule has 3 N–H and O–H groups in total. The lowest BCUT2D eigenvalue weighted by Gasteiger charge is -2.06. The average molecular weight is 197 g/mol. The lowest BCUT2D eigenvalue weighted by Crippen LogP contribution is -2.22. The molecule has 13 heavy (non-hydrogen) atoms. The van der Waals surface area contributed by atoms with Crippen LogP contribution in [0.3, 0.4) is 0 Å². The Morgan fingerprint density at radius 3 is 2.85 bits per heavy atom. The molecule has 0 spiro atoms. The number of phenols is 1. The van der Waals surface area contributed by atoms with Crippen LogP contribution in [0.1, 0.15) is 6.92 Å². The van der Waals surface area contributed by atoms with Crippen molar-refractivity contribution < 1.29 is 9.90 Å². The number of nitrogens with two attached hydrogens (primary N) is 1. The number of primary amides is 1. The van der Waals surface area contributed by atoms with Crippen molar-refractivity contribution in [3.8, 4) is 5.75 Å². The van der Waals surface area contributed by atoms with Crippen LogP contribution in [0.15, 0.2) is 29.2 Å². The largest absolute Gasteiger partial charge is 0.508 e. The van der Waals surface area contributed by atoms with E-state index >= 15 is 0 Å². The minimum atomic E-state index is -0.353. The number of rotatable bonds is 3. The number of amides is 1. The van der Waals surface area contributed by atoms with Crippen LogP contribution in [0.25, 0.3) is 0 Å². The summed E-state index contributed by atoms with van der Waals surface area (Å²) in [7, 11) is 0. The number of thioether (sulfide) groups is 1. The number of phenolic OH excluding ortho intramolecular Hbond substituents is 1. The summed E-state index contributed by atoms with van der Waals surface area (Å²) in [5, 5.41) is 8.86. The predicted octanol–water partition coefficient (Wildman–Crippen LogP) is 1.36. The van der Waals surface area contributed by atoms with Gasteiger partial charge in [-0.15, -0.1) is 11.8 Å². The minimum Gasteiger partial charge on any atom is -0.508 e. The van der Waals surface area contributed by atoms with Crippen molar-refractivity contribution >= 4 is 17.7 Å². The fraction of sp³-hybridized carbons (Fsp3) is 0.222. The lowest BCUT2D eigenvalue weighted by atomic mass is 10.3. The van der Waals surface area contributed by atoms with E-state index in [1.54, 1.807) is 25.1 Å². The first kappa shape index (κ1) is 9.92. The van der Waals surface area contributed by atoms with Gasteiger partial charge in [-0.05, 0) is 25.1 Å². The topological polar surface area (TPSA) is 63.3 Å². The number of hydrogen-bond donors (Lipinski definition) is 2. The molecule has 0 fully saturated rings. The summed E-state index contributed by atoms with van der Waals surface area (Å²) in [6.07, 6.45) is 0. The molecule has 4 heteroatoms. The highest BCUT2D eigenvalue weighted by Gasteiger charge is 2.09. The monoisotopic (exact) mass is 197 g/mol. The van der Waals surface area contributed by atoms with Crippen LogP contribution >= 0.6 is 11.8 Å². The number of hydrogen-bond acceptors (Lipinski definition) is 3. The van der Waals surface area contributed by atoms with Crippen molar-refractivity contribution in [3.05, 3.63) is 24.3 Å². The molecule has 70 valence electrons. The van der Waals surface area contributed by atoms with Crippen molar-refractivity contribution in [1.82, 2.24) is 0 Å². The molecule has 0 saturated carbocycles. The number of carbonyl (C=O) groups is 1. The second-order valence-corrected chi connectivity index (χ2v) is 4.07. The molecule has 1 aromatic carbocycles. The first-order valence-electron chi connectivity index (χ1n) is 3.84. The van der Waals surface area contributed by atoms with Crippen LogP contribution in [0.4, 0.5) is 0 Å². The summed E-state index contributed by atoms with van der Waals surface area (Å²) >= 11 is 1.33. The van der Waals surface area contributed by atoms with Gasteiger partial charge in [0.25, 0.3) is 0 Å². The van der Waals surface area contributed by atoms with Gasteiger partial charge in [-0.25, -0.2) is 0 Å². The molecule has 0 aliphatic rings. The number of aromatic hydroxyl groups is 1. The molecular weight excluding hydrogens is 186 g/mol. The molecule has 1 unspecified atom stereocenters. The fourth-order valence-electron chi connectivity index (χ4n) is 0.819. The zero-order chi connectivity index (χ0) is 9.84. The summed E-state index contributed by atoms with van der Waals surface area (Å²) < 4.78 is 0. The zero-order valence-electron chi connectivity index (χ0n) is 7.23. The van der Waals surface area contributed by atoms with Crippen LogP contribution in [-0.2, 0) is 4.79 Å². The van der Waals surface area contributed by atoms with E-state index < -0.39 is 0 Å². The Bertz CT molecular complexity index is 314. The quantitative estimate of drug-likeness (QED) is 0.719. The standard InChI is InChI=1S/C9H11NO2S/c1-6(9(10)12)13-8-4-2-3-7(11)5-8/h2-6,11H,1H3,(H2,10,12). The van der Waals surface area contributed by atoms with E-state index in [2.05, 4.69) is 0 Å². The Morgan fingerprint density at radius 2 is 2.31 bits per heavy atom. The molecule has 1 amide bonds. The summed E-state index contributed by atoms with van der Waals surface area (Å²) in [4.78, 5) is 11.6. The van der Waals surface area contributed by atoms with Gasteiger partial charge in [0.2, 0.25) is 5.91 Å². The van der Waals surface area contributed by atoms with Crippen molar-refractivity contribution in [1.29, 1.82) is 0 Å². The summed E-state index contributed by atoms with van der Waals surface area (Å²) in [6.45, 7) is 1.73. The van der Waals surface area contributed by atoms with Gasteiger partial charge < -0.3 is 10.8 Å². The maximum Gasteiger partial charge on any atom is 0.230 e. The third-order valence-electron chi connectivity index (χ3n) is 1.53. The normalized spacial score (nSPS) is 12.4. The third kappa shape index (κ3) is 2.99. The molecule has 1 rings (SSSR count). The molecule has 0 aliphatic heterocycles. The Morgan fingerprint density at radius 1 is 1.62 bits per heavy atom. The summed E-state index contributed by atoms with van der Waals surface area (Å²) in [5.74, 6) is -0.157. The third-order valence-corrected chi connectivity index (χ3v) is 2.64. The van der Waals surface area contributed by atoms with Crippen LogP contribution in [0.5, 0.6) is 5.75 Å². The molecule has 1 atom stereocenters. The maximum atomic E-state index is 10.7. The Hall–Kier alpha value is -1.16. The van der Waals surface area contributed by atoms with E-state index in [1.807, 2.05) is 6.07 Å². The van der Waals surface area contributed by atoms with E-state index in [9.17, 15) is 4.79 Å². The van der Waals surface area contributed by atoms with Crippen molar-refractivity contribution in [2.24, 2.45) is 5.73 Å². The molecule has 0 bridgehead atoms. The van der Waals surface area contributed by atoms with Crippen LogP contribution in [0.2, 0.25) is 0 Å². The zero-order valence-corrected chi connectivity index (χ0v) is 8.04. The first-order chi connectivity index (χ1) is 6.09. The minimum absolute atomic E-state index is 0.196. The molecule has 0 aromatic heterocycles. The van der Waals surface area contributed by atoms with Gasteiger partial charge in [0.05, 0.1) is 5.25 Å². The highest BCUT2D eigenvalue weighted by Crippen LogP contribution is 2.25. The molecule has 3 nitrogen and oxygen atoms in total. The van der Waals surface area contributed by atoms with Gasteiger partial charge in [-0.1, -0.05) is 6.07 Å². The summed E-state index contributed by atoms with van der Waals surface area (Å²) in [5.41, 5.74) is 5.10. The average Bonchev–Trinajstić information content (AvgIpc) is 2.04. The Kier molecular flexibility index (Phi) is 3.19. The smallest absolute Gasteiger partial charge is 0.230 e. The Labute approximate surface area is 80.9 Å². The second-order valence-electron chi connectivity index (χ2n) is 2.66. The van der Waals surface area contributed by atoms with Gasteiger partial charge in [-0.2, -0.15) is 0 Å². The maximum absolute atomic E-state index is 10.7. The van der Waals surface area contributed by atoms with E-state index in [4.69, 9.17) is 10.8 Å². The predicted molar refractivity (Wildman–Crippen MR) is 52.6 cm³/mol. The van der Waals surface area contributed by atoms with Gasteiger partial charge in [0, 0.05) is 4.90 Å². The van der Waals surface area contributed by atoms with Crippen LogP contribution in [-0.4, -0.2) is 16.3 Å². The fourth-order valence-corrected chi connectivity index (χ4v) is 1.69. The lowest BCUT2D eigenvalue weighted by molar-refractivity contribution is -0.117. The van der Waals surface area contributed by atoms with E-state index in [-0.39, 0.29) is 16.9 Å². The van der Waals surface area contributed by atoms with E-state index in [0.29, 0.717) is 0 Å². The second kappa shape index (κ2) is 4.18. The summed E-state index contributed by atoms with van der Waals surface area (Å²) in [6, 6.07) is 6.73. The molecule has 0 heterocycles. The van der Waals surface area contributed by atoms with E-state index in [1.165, 1.54) is 11.8 Å². The van der Waals surface area contributed by atoms with Crippen molar-refractivity contribution in [3.63, 3.8) is 0 Å². The van der Waals surface area contributed by atoms with Gasteiger partial charge in [0.1, 0.15) is 5.75 Å². The van der Waals surface area contributed by atoms with Crippen LogP contribution in [0, 0.1) is 0 Å². The Balaban J connectivity index is 2.69. The SMILES string of the molecule is CC(Sc1cccc(O)c1)C(N)=O. The van der Waals surface area contributed by atoms with Crippen LogP contribution < -0.4 is 5.73 Å². The number of carbonyl (C=O) groups excluding carboxylic acids is 1. The van der Waals surface area contributed by atoms with Crippen molar-refractivity contribution in [2.45, 2.75) is 17.1 Å². The van der Waals surface area contributed by atoms with Gasteiger partial charge in [-0.3, -0.25) is 4.79 Å². The number of benzene rings is 1. The first-order valence-corrected chi connectivity index (χ1v) is 4.72. The highest BCUT2D eigenvalue weighted by molar-refractivity contribution is 8.00. The van der Waals surface area contributed by atoms with Crippen molar-refractivity contribution in [2.75, 3.05) is 0 Å². The molecule has 1 aromatic rings.